The van der Waals surface area contributed by atoms with Gasteiger partial charge in [0.2, 0.25) is 0 Å². The van der Waals surface area contributed by atoms with Crippen LogP contribution in [0.1, 0.15) is 26.1 Å². The second-order valence-electron chi connectivity index (χ2n) is 4.44. The van der Waals surface area contributed by atoms with Gasteiger partial charge < -0.3 is 4.57 Å². The second kappa shape index (κ2) is 6.19. The van der Waals surface area contributed by atoms with E-state index in [0.29, 0.717) is 0 Å². The van der Waals surface area contributed by atoms with E-state index < -0.39 is 0 Å². The highest BCUT2D eigenvalue weighted by molar-refractivity contribution is 5.82. The molecule has 0 saturated carbocycles. The Hall–Kier alpha value is -2.09. The van der Waals surface area contributed by atoms with Crippen molar-refractivity contribution in [2.75, 3.05) is 0 Å². The van der Waals surface area contributed by atoms with E-state index in [-0.39, 0.29) is 0 Å². The van der Waals surface area contributed by atoms with Crippen LogP contribution >= 0.6 is 0 Å². The van der Waals surface area contributed by atoms with E-state index in [9.17, 15) is 0 Å². The van der Waals surface area contributed by atoms with E-state index in [2.05, 4.69) is 48.9 Å². The first-order chi connectivity index (χ1) is 9.27. The number of para-hydroxylation sites is 2. The van der Waals surface area contributed by atoms with Crippen molar-refractivity contribution >= 4 is 16.6 Å². The van der Waals surface area contributed by atoms with Crippen molar-refractivity contribution in [2.24, 2.45) is 7.05 Å². The van der Waals surface area contributed by atoms with Gasteiger partial charge in [-0.05, 0) is 25.5 Å². The van der Waals surface area contributed by atoms with Gasteiger partial charge in [-0.15, -0.1) is 0 Å². The minimum atomic E-state index is 0.999. The number of aryl methyl sites for hydroxylation is 1. The molecule has 1 aromatic heterocycles. The van der Waals surface area contributed by atoms with E-state index >= 15 is 0 Å². The monoisotopic (exact) mass is 252 g/mol. The normalized spacial score (nSPS) is 13.1. The summed E-state index contributed by atoms with van der Waals surface area (Å²) in [6.45, 7) is 4.16. The molecule has 0 saturated heterocycles. The van der Waals surface area contributed by atoms with Crippen molar-refractivity contribution in [1.29, 1.82) is 0 Å². The third kappa shape index (κ3) is 2.84. The number of nitrogens with zero attached hydrogens (tertiary/aromatic N) is 2. The fourth-order valence-corrected chi connectivity index (χ4v) is 2.13. The Morgan fingerprint density at radius 3 is 2.74 bits per heavy atom. The van der Waals surface area contributed by atoms with Gasteiger partial charge in [0.1, 0.15) is 5.82 Å². The molecule has 0 bridgehead atoms. The van der Waals surface area contributed by atoms with Crippen LogP contribution in [0.25, 0.3) is 16.6 Å². The van der Waals surface area contributed by atoms with Crippen LogP contribution in [-0.4, -0.2) is 9.55 Å². The number of rotatable bonds is 4. The van der Waals surface area contributed by atoms with Crippen molar-refractivity contribution in [2.45, 2.75) is 20.3 Å². The van der Waals surface area contributed by atoms with Crippen LogP contribution in [0.3, 0.4) is 0 Å². The van der Waals surface area contributed by atoms with E-state index in [1.807, 2.05) is 31.2 Å². The van der Waals surface area contributed by atoms with Gasteiger partial charge in [0.15, 0.2) is 0 Å². The molecular weight excluding hydrogens is 232 g/mol. The molecule has 0 N–H and O–H groups in total. The Balaban J connectivity index is 2.50. The number of hydrogen-bond donors (Lipinski definition) is 0. The molecule has 0 aliphatic heterocycles. The molecule has 0 fully saturated rings. The average Bonchev–Trinajstić information content (AvgIpc) is 2.76. The average molecular weight is 252 g/mol. The van der Waals surface area contributed by atoms with Crippen LogP contribution in [0.4, 0.5) is 0 Å². The van der Waals surface area contributed by atoms with Crippen LogP contribution in [0.15, 0.2) is 54.6 Å². The molecule has 0 spiro atoms. The highest BCUT2D eigenvalue weighted by Crippen LogP contribution is 2.21. The van der Waals surface area contributed by atoms with E-state index in [1.165, 1.54) is 11.1 Å². The fourth-order valence-electron chi connectivity index (χ4n) is 2.13. The fraction of sp³-hybridized carbons (Fsp3) is 0.235. The zero-order valence-corrected chi connectivity index (χ0v) is 11.8. The highest BCUT2D eigenvalue weighted by atomic mass is 15.1. The van der Waals surface area contributed by atoms with Crippen LogP contribution in [-0.2, 0) is 7.05 Å². The summed E-state index contributed by atoms with van der Waals surface area (Å²) >= 11 is 0. The number of imidazole rings is 1. The van der Waals surface area contributed by atoms with Gasteiger partial charge in [-0.3, -0.25) is 0 Å². The number of benzene rings is 1. The molecule has 0 atom stereocenters. The lowest BCUT2D eigenvalue weighted by Crippen LogP contribution is -1.95. The Labute approximate surface area is 114 Å². The molecule has 2 nitrogen and oxygen atoms in total. The lowest BCUT2D eigenvalue weighted by atomic mass is 10.2. The van der Waals surface area contributed by atoms with Gasteiger partial charge >= 0.3 is 0 Å². The van der Waals surface area contributed by atoms with Gasteiger partial charge in [0.25, 0.3) is 0 Å². The molecule has 0 radical (unpaired) electrons. The Morgan fingerprint density at radius 2 is 2.05 bits per heavy atom. The summed E-state index contributed by atoms with van der Waals surface area (Å²) in [4.78, 5) is 4.73. The minimum absolute atomic E-state index is 0.999. The molecule has 2 aromatic rings. The smallest absolute Gasteiger partial charge is 0.140 e. The molecular formula is C17H20N2. The van der Waals surface area contributed by atoms with E-state index in [0.717, 1.165) is 17.8 Å². The molecule has 19 heavy (non-hydrogen) atoms. The Kier molecular flexibility index (Phi) is 4.35. The number of fused-ring (bicyclic) bond motifs is 1. The Morgan fingerprint density at radius 1 is 1.26 bits per heavy atom. The summed E-state index contributed by atoms with van der Waals surface area (Å²) in [5.74, 6) is 1.02. The molecule has 0 aliphatic rings. The summed E-state index contributed by atoms with van der Waals surface area (Å²) in [7, 11) is 2.07. The highest BCUT2D eigenvalue weighted by Gasteiger charge is 2.09. The summed E-state index contributed by atoms with van der Waals surface area (Å²) in [5.41, 5.74) is 3.37. The van der Waals surface area contributed by atoms with Gasteiger partial charge in [0, 0.05) is 12.6 Å². The Bertz CT molecular complexity index is 642. The van der Waals surface area contributed by atoms with Crippen LogP contribution in [0.5, 0.6) is 0 Å². The van der Waals surface area contributed by atoms with Crippen LogP contribution in [0, 0.1) is 0 Å². The molecule has 98 valence electrons. The van der Waals surface area contributed by atoms with Gasteiger partial charge in [0.05, 0.1) is 11.0 Å². The van der Waals surface area contributed by atoms with Crippen molar-refractivity contribution in [3.63, 3.8) is 0 Å². The van der Waals surface area contributed by atoms with Gasteiger partial charge in [-0.2, -0.15) is 0 Å². The van der Waals surface area contributed by atoms with Crippen molar-refractivity contribution < 1.29 is 0 Å². The first-order valence-electron chi connectivity index (χ1n) is 6.69. The topological polar surface area (TPSA) is 17.8 Å². The minimum Gasteiger partial charge on any atom is -0.327 e. The number of aromatic nitrogens is 2. The molecule has 0 amide bonds. The third-order valence-corrected chi connectivity index (χ3v) is 3.05. The van der Waals surface area contributed by atoms with Crippen LogP contribution in [0.2, 0.25) is 0 Å². The largest absolute Gasteiger partial charge is 0.327 e. The summed E-state index contributed by atoms with van der Waals surface area (Å²) in [5, 5.41) is 0. The summed E-state index contributed by atoms with van der Waals surface area (Å²) in [6, 6.07) is 8.23. The zero-order chi connectivity index (χ0) is 13.7. The predicted molar refractivity (Wildman–Crippen MR) is 82.9 cm³/mol. The molecule has 2 heteroatoms. The standard InChI is InChI=1S/C17H20N2/c1-4-6-7-11-14(10-5-2)17-18-15-12-8-9-13-16(15)19(17)3/h4,6-13H,5H2,1-3H3/b6-4-,11-7-,14-10-. The maximum absolute atomic E-state index is 4.73. The lowest BCUT2D eigenvalue weighted by molar-refractivity contribution is 0.922. The summed E-state index contributed by atoms with van der Waals surface area (Å²) in [6.07, 6.45) is 11.4. The SMILES string of the molecule is C\C=C/C=C\C(=C\CC)c1nc2ccccc2n1C. The summed E-state index contributed by atoms with van der Waals surface area (Å²) < 4.78 is 2.15. The quantitative estimate of drug-likeness (QED) is 0.733. The van der Waals surface area contributed by atoms with Crippen molar-refractivity contribution in [3.8, 4) is 0 Å². The van der Waals surface area contributed by atoms with Crippen molar-refractivity contribution in [1.82, 2.24) is 9.55 Å². The zero-order valence-electron chi connectivity index (χ0n) is 11.8. The maximum Gasteiger partial charge on any atom is 0.140 e. The van der Waals surface area contributed by atoms with Crippen molar-refractivity contribution in [3.05, 3.63) is 60.5 Å². The predicted octanol–water partition coefficient (Wildman–Crippen LogP) is 4.50. The number of hydrogen-bond acceptors (Lipinski definition) is 1. The van der Waals surface area contributed by atoms with Crippen LogP contribution < -0.4 is 0 Å². The lowest BCUT2D eigenvalue weighted by Gasteiger charge is -2.03. The van der Waals surface area contributed by atoms with E-state index in [1.54, 1.807) is 0 Å². The molecule has 0 aliphatic carbocycles. The first-order valence-corrected chi connectivity index (χ1v) is 6.69. The second-order valence-corrected chi connectivity index (χ2v) is 4.44. The molecule has 1 heterocycles. The molecule has 0 unspecified atom stereocenters. The van der Waals surface area contributed by atoms with E-state index in [4.69, 9.17) is 4.98 Å². The molecule has 1 aromatic carbocycles. The first kappa shape index (κ1) is 13.3. The number of allylic oxidation sites excluding steroid dienone is 6. The maximum atomic E-state index is 4.73. The van der Waals surface area contributed by atoms with Gasteiger partial charge in [-0.1, -0.05) is 49.4 Å². The third-order valence-electron chi connectivity index (χ3n) is 3.05. The van der Waals surface area contributed by atoms with Gasteiger partial charge in [-0.25, -0.2) is 4.98 Å². The molecule has 2 rings (SSSR count).